The molecule has 1 atom stereocenters. The summed E-state index contributed by atoms with van der Waals surface area (Å²) in [6.45, 7) is 8.08. The van der Waals surface area contributed by atoms with Crippen LogP contribution in [0.2, 0.25) is 0 Å². The summed E-state index contributed by atoms with van der Waals surface area (Å²) in [6, 6.07) is 0. The summed E-state index contributed by atoms with van der Waals surface area (Å²) in [5.74, 6) is 1.11. The second kappa shape index (κ2) is 2.97. The Morgan fingerprint density at radius 3 is 2.53 bits per heavy atom. The maximum absolute atomic E-state index is 11.8. The van der Waals surface area contributed by atoms with Crippen molar-refractivity contribution >= 4 is 11.9 Å². The molecule has 1 saturated carbocycles. The molecule has 4 nitrogen and oxygen atoms in total. The number of amides is 1. The molecule has 15 heavy (non-hydrogen) atoms. The van der Waals surface area contributed by atoms with Gasteiger partial charge in [0.15, 0.2) is 5.96 Å². The van der Waals surface area contributed by atoms with Crippen LogP contribution in [0.25, 0.3) is 0 Å². The summed E-state index contributed by atoms with van der Waals surface area (Å²) in [7, 11) is 0. The van der Waals surface area contributed by atoms with Crippen molar-refractivity contribution < 1.29 is 4.79 Å². The average Bonchev–Trinajstić information content (AvgIpc) is 2.78. The van der Waals surface area contributed by atoms with Gasteiger partial charge in [0.1, 0.15) is 5.54 Å². The van der Waals surface area contributed by atoms with Crippen LogP contribution in [0, 0.1) is 5.92 Å². The fraction of sp³-hybridized carbons (Fsp3) is 0.818. The minimum atomic E-state index is -0.520. The molecule has 1 amide bonds. The zero-order chi connectivity index (χ0) is 11.3. The molecule has 0 spiro atoms. The fourth-order valence-electron chi connectivity index (χ4n) is 1.88. The average molecular weight is 209 g/mol. The lowest BCUT2D eigenvalue weighted by Gasteiger charge is -2.21. The fourth-order valence-corrected chi connectivity index (χ4v) is 1.88. The van der Waals surface area contributed by atoms with Gasteiger partial charge in [0.25, 0.3) is 5.91 Å². The summed E-state index contributed by atoms with van der Waals surface area (Å²) < 4.78 is 0. The Morgan fingerprint density at radius 1 is 1.47 bits per heavy atom. The van der Waals surface area contributed by atoms with Crippen LogP contribution in [0.5, 0.6) is 0 Å². The highest BCUT2D eigenvalue weighted by molar-refractivity contribution is 6.07. The molecule has 2 N–H and O–H groups in total. The number of rotatable bonds is 1. The Labute approximate surface area is 90.5 Å². The van der Waals surface area contributed by atoms with Crippen molar-refractivity contribution in [3.63, 3.8) is 0 Å². The molecule has 1 unspecified atom stereocenters. The highest BCUT2D eigenvalue weighted by atomic mass is 16.2. The quantitative estimate of drug-likeness (QED) is 0.677. The Morgan fingerprint density at radius 2 is 2.07 bits per heavy atom. The van der Waals surface area contributed by atoms with E-state index < -0.39 is 5.54 Å². The predicted molar refractivity (Wildman–Crippen MR) is 59.6 cm³/mol. The van der Waals surface area contributed by atoms with E-state index in [1.165, 1.54) is 0 Å². The molecule has 0 saturated heterocycles. The van der Waals surface area contributed by atoms with Crippen molar-refractivity contribution in [2.24, 2.45) is 10.9 Å². The topological polar surface area (TPSA) is 53.5 Å². The first kappa shape index (κ1) is 10.5. The van der Waals surface area contributed by atoms with Crippen molar-refractivity contribution in [3.05, 3.63) is 0 Å². The molecule has 0 bridgehead atoms. The van der Waals surface area contributed by atoms with Crippen molar-refractivity contribution in [3.8, 4) is 0 Å². The Bertz CT molecular complexity index is 325. The number of aliphatic imine (C=N–C) groups is 1. The lowest BCUT2D eigenvalue weighted by atomic mass is 9.97. The van der Waals surface area contributed by atoms with E-state index in [0.717, 1.165) is 12.8 Å². The number of carbonyl (C=O) groups is 1. The third kappa shape index (κ3) is 1.98. The molecule has 0 aromatic rings. The number of hydrogen-bond donors (Lipinski definition) is 2. The minimum Gasteiger partial charge on any atom is -0.351 e. The Hall–Kier alpha value is -1.06. The first-order chi connectivity index (χ1) is 6.81. The maximum atomic E-state index is 11.8. The van der Waals surface area contributed by atoms with Crippen molar-refractivity contribution in [2.45, 2.75) is 51.6 Å². The van der Waals surface area contributed by atoms with Crippen LogP contribution >= 0.6 is 0 Å². The number of hydrogen-bond acceptors (Lipinski definition) is 3. The molecule has 1 aliphatic heterocycles. The standard InChI is InChI=1S/C11H19N3O/c1-10(2,3)13-9-12-8(15)11(4,14-9)7-5-6-7/h7H,5-6H2,1-4H3,(H2,12,13,14,15). The zero-order valence-corrected chi connectivity index (χ0v) is 9.85. The van der Waals surface area contributed by atoms with Crippen LogP contribution in [-0.4, -0.2) is 22.9 Å². The highest BCUT2D eigenvalue weighted by Crippen LogP contribution is 2.43. The number of guanidine groups is 1. The minimum absolute atomic E-state index is 0.0387. The van der Waals surface area contributed by atoms with Gasteiger partial charge in [-0.3, -0.25) is 10.1 Å². The van der Waals surface area contributed by atoms with E-state index in [9.17, 15) is 4.79 Å². The van der Waals surface area contributed by atoms with Crippen LogP contribution in [-0.2, 0) is 4.79 Å². The maximum Gasteiger partial charge on any atom is 0.254 e. The predicted octanol–water partition coefficient (Wildman–Crippen LogP) is 1.03. The second-order valence-electron chi connectivity index (χ2n) is 5.71. The van der Waals surface area contributed by atoms with E-state index in [1.807, 2.05) is 6.92 Å². The lowest BCUT2D eigenvalue weighted by molar-refractivity contribution is -0.123. The van der Waals surface area contributed by atoms with Gasteiger partial charge in [0, 0.05) is 5.54 Å². The Kier molecular flexibility index (Phi) is 2.07. The van der Waals surface area contributed by atoms with Crippen LogP contribution in [0.4, 0.5) is 0 Å². The normalized spacial score (nSPS) is 31.2. The van der Waals surface area contributed by atoms with Gasteiger partial charge in [-0.2, -0.15) is 0 Å². The molecule has 1 aliphatic carbocycles. The molecule has 2 rings (SSSR count). The smallest absolute Gasteiger partial charge is 0.254 e. The number of carbonyl (C=O) groups excluding carboxylic acids is 1. The molecule has 0 aromatic carbocycles. The first-order valence-electron chi connectivity index (χ1n) is 5.51. The van der Waals surface area contributed by atoms with Crippen LogP contribution < -0.4 is 10.6 Å². The zero-order valence-electron chi connectivity index (χ0n) is 9.85. The second-order valence-corrected chi connectivity index (χ2v) is 5.71. The summed E-state index contributed by atoms with van der Waals surface area (Å²) in [4.78, 5) is 16.3. The molecular formula is C11H19N3O. The summed E-state index contributed by atoms with van der Waals surface area (Å²) in [5.41, 5.74) is -0.589. The van der Waals surface area contributed by atoms with Crippen molar-refractivity contribution in [1.82, 2.24) is 10.6 Å². The molecular weight excluding hydrogens is 190 g/mol. The highest BCUT2D eigenvalue weighted by Gasteiger charge is 2.51. The van der Waals surface area contributed by atoms with E-state index in [-0.39, 0.29) is 11.4 Å². The lowest BCUT2D eigenvalue weighted by Crippen LogP contribution is -2.47. The van der Waals surface area contributed by atoms with Crippen LogP contribution in [0.3, 0.4) is 0 Å². The molecule has 4 heteroatoms. The molecule has 0 aromatic heterocycles. The van der Waals surface area contributed by atoms with E-state index in [0.29, 0.717) is 11.9 Å². The van der Waals surface area contributed by atoms with Gasteiger partial charge < -0.3 is 5.32 Å². The Balaban J connectivity index is 2.13. The molecule has 2 aliphatic rings. The van der Waals surface area contributed by atoms with Crippen molar-refractivity contribution in [1.29, 1.82) is 0 Å². The van der Waals surface area contributed by atoms with Crippen molar-refractivity contribution in [2.75, 3.05) is 0 Å². The van der Waals surface area contributed by atoms with E-state index in [1.54, 1.807) is 0 Å². The van der Waals surface area contributed by atoms with E-state index in [4.69, 9.17) is 0 Å². The van der Waals surface area contributed by atoms with Gasteiger partial charge in [0.05, 0.1) is 0 Å². The van der Waals surface area contributed by atoms with Gasteiger partial charge in [-0.25, -0.2) is 4.99 Å². The van der Waals surface area contributed by atoms with E-state index in [2.05, 4.69) is 36.4 Å². The van der Waals surface area contributed by atoms with Gasteiger partial charge in [-0.15, -0.1) is 0 Å². The third-order valence-electron chi connectivity index (χ3n) is 2.90. The molecule has 0 radical (unpaired) electrons. The van der Waals surface area contributed by atoms with Gasteiger partial charge in [-0.05, 0) is 46.5 Å². The summed E-state index contributed by atoms with van der Waals surface area (Å²) in [5, 5.41) is 6.03. The van der Waals surface area contributed by atoms with Gasteiger partial charge >= 0.3 is 0 Å². The largest absolute Gasteiger partial charge is 0.351 e. The van der Waals surface area contributed by atoms with E-state index >= 15 is 0 Å². The monoisotopic (exact) mass is 209 g/mol. The molecule has 1 fully saturated rings. The SMILES string of the molecule is CC(C)(C)NC1=NC(C)(C2CC2)C(=O)N1. The van der Waals surface area contributed by atoms with Gasteiger partial charge in [-0.1, -0.05) is 0 Å². The molecule has 84 valence electrons. The van der Waals surface area contributed by atoms with Crippen LogP contribution in [0.1, 0.15) is 40.5 Å². The van der Waals surface area contributed by atoms with Crippen LogP contribution in [0.15, 0.2) is 4.99 Å². The van der Waals surface area contributed by atoms with Gasteiger partial charge in [0.2, 0.25) is 0 Å². The first-order valence-corrected chi connectivity index (χ1v) is 5.51. The number of nitrogens with zero attached hydrogens (tertiary/aromatic N) is 1. The number of nitrogens with one attached hydrogen (secondary N) is 2. The molecule has 1 heterocycles. The third-order valence-corrected chi connectivity index (χ3v) is 2.90. The summed E-state index contributed by atoms with van der Waals surface area (Å²) >= 11 is 0. The summed E-state index contributed by atoms with van der Waals surface area (Å²) in [6.07, 6.45) is 2.24.